The highest BCUT2D eigenvalue weighted by atomic mass is 16.3. The summed E-state index contributed by atoms with van der Waals surface area (Å²) in [5, 5.41) is 13.0. The van der Waals surface area contributed by atoms with E-state index in [4.69, 9.17) is 5.73 Å². The number of aliphatic hydroxyl groups excluding tert-OH is 1. The number of hydrogen-bond donors (Lipinski definition) is 3. The summed E-state index contributed by atoms with van der Waals surface area (Å²) in [6.07, 6.45) is 5.82. The van der Waals surface area contributed by atoms with E-state index < -0.39 is 12.1 Å². The topological polar surface area (TPSA) is 75.4 Å². The van der Waals surface area contributed by atoms with Crippen molar-refractivity contribution in [2.45, 2.75) is 63.1 Å². The van der Waals surface area contributed by atoms with Crippen molar-refractivity contribution >= 4 is 5.91 Å². The summed E-state index contributed by atoms with van der Waals surface area (Å²) in [4.78, 5) is 12.1. The Morgan fingerprint density at radius 2 is 1.95 bits per heavy atom. The molecule has 0 aliphatic heterocycles. The molecular weight excluding hydrogens is 264 g/mol. The zero-order valence-electron chi connectivity index (χ0n) is 12.5. The smallest absolute Gasteiger partial charge is 0.237 e. The third-order valence-electron chi connectivity index (χ3n) is 4.23. The summed E-state index contributed by atoms with van der Waals surface area (Å²) in [7, 11) is 0. The Labute approximate surface area is 126 Å². The van der Waals surface area contributed by atoms with Crippen LogP contribution in [-0.2, 0) is 11.2 Å². The van der Waals surface area contributed by atoms with Gasteiger partial charge in [-0.15, -0.1) is 0 Å². The second kappa shape index (κ2) is 8.15. The highest BCUT2D eigenvalue weighted by Crippen LogP contribution is 2.18. The van der Waals surface area contributed by atoms with Crippen LogP contribution in [0.25, 0.3) is 0 Å². The van der Waals surface area contributed by atoms with E-state index >= 15 is 0 Å². The molecule has 1 fully saturated rings. The maximum absolute atomic E-state index is 12.1. The molecule has 1 aromatic carbocycles. The number of carbonyl (C=O) groups is 1. The number of carbonyl (C=O) groups excluding carboxylic acids is 1. The van der Waals surface area contributed by atoms with Gasteiger partial charge in [0.25, 0.3) is 0 Å². The van der Waals surface area contributed by atoms with Gasteiger partial charge in [0.15, 0.2) is 0 Å². The number of aliphatic hydroxyl groups is 1. The zero-order chi connectivity index (χ0) is 15.1. The Morgan fingerprint density at radius 1 is 1.24 bits per heavy atom. The molecule has 0 radical (unpaired) electrons. The van der Waals surface area contributed by atoms with Crippen LogP contribution in [0.15, 0.2) is 30.3 Å². The van der Waals surface area contributed by atoms with E-state index in [1.165, 1.54) is 5.56 Å². The lowest BCUT2D eigenvalue weighted by Crippen LogP contribution is -2.49. The van der Waals surface area contributed by atoms with E-state index in [0.717, 1.165) is 38.5 Å². The molecule has 2 rings (SSSR count). The fourth-order valence-electron chi connectivity index (χ4n) is 2.84. The predicted molar refractivity (Wildman–Crippen MR) is 83.8 cm³/mol. The summed E-state index contributed by atoms with van der Waals surface area (Å²) in [6.45, 7) is 0. The second-order valence-electron chi connectivity index (χ2n) is 5.95. The van der Waals surface area contributed by atoms with Crippen molar-refractivity contribution in [1.82, 2.24) is 5.32 Å². The number of nitrogens with two attached hydrogens (primary N) is 1. The van der Waals surface area contributed by atoms with Crippen molar-refractivity contribution < 1.29 is 9.90 Å². The second-order valence-corrected chi connectivity index (χ2v) is 5.95. The highest BCUT2D eigenvalue weighted by molar-refractivity contribution is 5.81. The first-order chi connectivity index (χ1) is 10.2. The molecule has 116 valence electrons. The maximum Gasteiger partial charge on any atom is 0.237 e. The molecule has 4 nitrogen and oxygen atoms in total. The van der Waals surface area contributed by atoms with E-state index in [2.05, 4.69) is 5.32 Å². The molecule has 1 aliphatic carbocycles. The van der Waals surface area contributed by atoms with Gasteiger partial charge in [0.2, 0.25) is 5.91 Å². The Balaban J connectivity index is 1.79. The molecule has 1 saturated carbocycles. The van der Waals surface area contributed by atoms with Crippen molar-refractivity contribution in [2.24, 2.45) is 5.73 Å². The van der Waals surface area contributed by atoms with Gasteiger partial charge in [-0.3, -0.25) is 4.79 Å². The van der Waals surface area contributed by atoms with Crippen LogP contribution >= 0.6 is 0 Å². The molecular formula is C17H26N2O2. The standard InChI is InChI=1S/C17H26N2O2/c18-14(12-11-13-7-3-1-4-8-13)17(21)19-15-9-5-2-6-10-16(15)20/h1,3-4,7-8,14-16,20H,2,5-6,9-12,18H2,(H,19,21). The first kappa shape index (κ1) is 16.0. The Morgan fingerprint density at radius 3 is 2.71 bits per heavy atom. The first-order valence-electron chi connectivity index (χ1n) is 7.95. The fourth-order valence-corrected chi connectivity index (χ4v) is 2.84. The number of aryl methyl sites for hydroxylation is 1. The summed E-state index contributed by atoms with van der Waals surface area (Å²) in [5.74, 6) is -0.142. The lowest BCUT2D eigenvalue weighted by atomic mass is 10.0. The Kier molecular flexibility index (Phi) is 6.21. The van der Waals surface area contributed by atoms with Crippen molar-refractivity contribution in [2.75, 3.05) is 0 Å². The lowest BCUT2D eigenvalue weighted by molar-refractivity contribution is -0.124. The monoisotopic (exact) mass is 290 g/mol. The van der Waals surface area contributed by atoms with E-state index in [-0.39, 0.29) is 11.9 Å². The summed E-state index contributed by atoms with van der Waals surface area (Å²) < 4.78 is 0. The maximum atomic E-state index is 12.1. The molecule has 1 aliphatic rings. The van der Waals surface area contributed by atoms with Crippen molar-refractivity contribution in [1.29, 1.82) is 0 Å². The van der Waals surface area contributed by atoms with Gasteiger partial charge in [-0.05, 0) is 31.2 Å². The largest absolute Gasteiger partial charge is 0.391 e. The van der Waals surface area contributed by atoms with Gasteiger partial charge in [0.1, 0.15) is 0 Å². The normalized spacial score (nSPS) is 24.1. The van der Waals surface area contributed by atoms with Crippen molar-refractivity contribution in [3.8, 4) is 0 Å². The number of benzene rings is 1. The van der Waals surface area contributed by atoms with Gasteiger partial charge < -0.3 is 16.2 Å². The lowest BCUT2D eigenvalue weighted by Gasteiger charge is -2.23. The molecule has 3 atom stereocenters. The van der Waals surface area contributed by atoms with Gasteiger partial charge in [-0.1, -0.05) is 49.6 Å². The average molecular weight is 290 g/mol. The highest BCUT2D eigenvalue weighted by Gasteiger charge is 2.25. The van der Waals surface area contributed by atoms with Gasteiger partial charge in [-0.25, -0.2) is 0 Å². The number of amides is 1. The van der Waals surface area contributed by atoms with Crippen LogP contribution < -0.4 is 11.1 Å². The predicted octanol–water partition coefficient (Wildman–Crippen LogP) is 1.76. The van der Waals surface area contributed by atoms with E-state index in [1.807, 2.05) is 30.3 Å². The van der Waals surface area contributed by atoms with Crippen LogP contribution in [0.5, 0.6) is 0 Å². The van der Waals surface area contributed by atoms with Crippen LogP contribution in [0.4, 0.5) is 0 Å². The molecule has 1 aromatic rings. The van der Waals surface area contributed by atoms with Crippen LogP contribution in [0.3, 0.4) is 0 Å². The van der Waals surface area contributed by atoms with Crippen LogP contribution in [0.1, 0.15) is 44.1 Å². The Hall–Kier alpha value is -1.39. The zero-order valence-corrected chi connectivity index (χ0v) is 12.5. The SMILES string of the molecule is NC(CCc1ccccc1)C(=O)NC1CCCCCC1O. The van der Waals surface area contributed by atoms with E-state index in [9.17, 15) is 9.90 Å². The summed E-state index contributed by atoms with van der Waals surface area (Å²) in [6, 6.07) is 9.39. The van der Waals surface area contributed by atoms with Crippen molar-refractivity contribution in [3.05, 3.63) is 35.9 Å². The van der Waals surface area contributed by atoms with Gasteiger partial charge in [0, 0.05) is 0 Å². The molecule has 0 saturated heterocycles. The molecule has 0 aromatic heterocycles. The van der Waals surface area contributed by atoms with Crippen LogP contribution in [0.2, 0.25) is 0 Å². The Bertz CT molecular complexity index is 436. The molecule has 4 heteroatoms. The van der Waals surface area contributed by atoms with Gasteiger partial charge >= 0.3 is 0 Å². The molecule has 0 bridgehead atoms. The molecule has 0 spiro atoms. The minimum atomic E-state index is -0.513. The molecule has 3 unspecified atom stereocenters. The molecule has 21 heavy (non-hydrogen) atoms. The van der Waals surface area contributed by atoms with Gasteiger partial charge in [0.05, 0.1) is 18.2 Å². The molecule has 4 N–H and O–H groups in total. The van der Waals surface area contributed by atoms with Crippen molar-refractivity contribution in [3.63, 3.8) is 0 Å². The van der Waals surface area contributed by atoms with E-state index in [1.54, 1.807) is 0 Å². The number of hydrogen-bond acceptors (Lipinski definition) is 3. The average Bonchev–Trinajstić information content (AvgIpc) is 2.71. The van der Waals surface area contributed by atoms with Crippen LogP contribution in [0, 0.1) is 0 Å². The minimum absolute atomic E-state index is 0.136. The summed E-state index contributed by atoms with van der Waals surface area (Å²) >= 11 is 0. The van der Waals surface area contributed by atoms with E-state index in [0.29, 0.717) is 6.42 Å². The third-order valence-corrected chi connectivity index (χ3v) is 4.23. The third kappa shape index (κ3) is 5.14. The number of rotatable bonds is 5. The molecule has 0 heterocycles. The van der Waals surface area contributed by atoms with Crippen LogP contribution in [-0.4, -0.2) is 29.2 Å². The quantitative estimate of drug-likeness (QED) is 0.723. The molecule has 1 amide bonds. The first-order valence-corrected chi connectivity index (χ1v) is 7.95. The fraction of sp³-hybridized carbons (Fsp3) is 0.588. The van der Waals surface area contributed by atoms with Gasteiger partial charge in [-0.2, -0.15) is 0 Å². The summed E-state index contributed by atoms with van der Waals surface area (Å²) in [5.41, 5.74) is 7.16. The minimum Gasteiger partial charge on any atom is -0.391 e. The number of nitrogens with one attached hydrogen (secondary N) is 1.